The highest BCUT2D eigenvalue weighted by Gasteiger charge is 2.25. The Labute approximate surface area is 138 Å². The molecule has 6 heteroatoms. The van der Waals surface area contributed by atoms with E-state index in [-0.39, 0.29) is 6.04 Å². The molecule has 0 spiro atoms. The highest BCUT2D eigenvalue weighted by atomic mass is 35.5. The quantitative estimate of drug-likeness (QED) is 0.735. The van der Waals surface area contributed by atoms with Crippen molar-refractivity contribution in [3.63, 3.8) is 0 Å². The first-order valence-corrected chi connectivity index (χ1v) is 7.68. The smallest absolute Gasteiger partial charge is 0.171 e. The van der Waals surface area contributed by atoms with Crippen LogP contribution in [-0.4, -0.2) is 6.04 Å². The lowest BCUT2D eigenvalue weighted by atomic mass is 10.1. The van der Waals surface area contributed by atoms with Crippen molar-refractivity contribution >= 4 is 34.8 Å². The minimum absolute atomic E-state index is 0.235. The van der Waals surface area contributed by atoms with Gasteiger partial charge in [-0.3, -0.25) is 0 Å². The molecule has 114 valence electrons. The number of nitrogens with two attached hydrogens (primary N) is 1. The standard InChI is InChI=1S/C15H16Cl3NO2/c1-3-12(19)15(13-5-4-8(2)20-13)21-14-7-10(17)9(16)6-11(14)18/h4-7,12,15H,3,19H2,1-2H3. The molecule has 1 heterocycles. The largest absolute Gasteiger partial charge is 0.479 e. The van der Waals surface area contributed by atoms with Crippen LogP contribution in [0.25, 0.3) is 0 Å². The van der Waals surface area contributed by atoms with Gasteiger partial charge < -0.3 is 14.9 Å². The summed E-state index contributed by atoms with van der Waals surface area (Å²) in [7, 11) is 0. The molecule has 1 aromatic carbocycles. The van der Waals surface area contributed by atoms with Gasteiger partial charge in [0, 0.05) is 12.1 Å². The molecule has 0 amide bonds. The van der Waals surface area contributed by atoms with Gasteiger partial charge in [-0.1, -0.05) is 41.7 Å². The fourth-order valence-electron chi connectivity index (χ4n) is 1.91. The minimum atomic E-state index is -0.446. The third-order valence-electron chi connectivity index (χ3n) is 3.13. The second kappa shape index (κ2) is 6.93. The molecule has 0 fully saturated rings. The molecule has 2 aromatic rings. The van der Waals surface area contributed by atoms with Crippen molar-refractivity contribution < 1.29 is 9.15 Å². The van der Waals surface area contributed by atoms with Crippen LogP contribution in [0.1, 0.15) is 31.0 Å². The third-order valence-corrected chi connectivity index (χ3v) is 4.15. The maximum absolute atomic E-state index is 6.15. The molecule has 0 aliphatic heterocycles. The first-order chi connectivity index (χ1) is 9.92. The molecule has 2 unspecified atom stereocenters. The van der Waals surface area contributed by atoms with Gasteiger partial charge in [0.15, 0.2) is 6.10 Å². The van der Waals surface area contributed by atoms with Crippen molar-refractivity contribution in [1.29, 1.82) is 0 Å². The van der Waals surface area contributed by atoms with Crippen molar-refractivity contribution in [3.8, 4) is 5.75 Å². The van der Waals surface area contributed by atoms with Crippen molar-refractivity contribution in [2.45, 2.75) is 32.4 Å². The summed E-state index contributed by atoms with van der Waals surface area (Å²) in [5, 5.41) is 1.12. The SMILES string of the molecule is CCC(N)C(Oc1cc(Cl)c(Cl)cc1Cl)c1ccc(C)o1. The molecule has 1 aromatic heterocycles. The van der Waals surface area contributed by atoms with E-state index in [1.54, 1.807) is 12.1 Å². The van der Waals surface area contributed by atoms with Crippen LogP contribution in [0.4, 0.5) is 0 Å². The van der Waals surface area contributed by atoms with Gasteiger partial charge >= 0.3 is 0 Å². The predicted molar refractivity (Wildman–Crippen MR) is 86.6 cm³/mol. The summed E-state index contributed by atoms with van der Waals surface area (Å²) in [6.07, 6.45) is 0.280. The van der Waals surface area contributed by atoms with Crippen LogP contribution >= 0.6 is 34.8 Å². The summed E-state index contributed by atoms with van der Waals surface area (Å²) < 4.78 is 11.6. The Morgan fingerprint density at radius 3 is 2.38 bits per heavy atom. The number of ether oxygens (including phenoxy) is 1. The van der Waals surface area contributed by atoms with E-state index in [1.165, 1.54) is 0 Å². The molecule has 0 radical (unpaired) electrons. The number of aryl methyl sites for hydroxylation is 1. The van der Waals surface area contributed by atoms with E-state index in [9.17, 15) is 0 Å². The zero-order valence-corrected chi connectivity index (χ0v) is 14.0. The highest BCUT2D eigenvalue weighted by Crippen LogP contribution is 2.37. The van der Waals surface area contributed by atoms with Crippen LogP contribution in [0.3, 0.4) is 0 Å². The molecule has 2 atom stereocenters. The van der Waals surface area contributed by atoms with Crippen molar-refractivity contribution in [1.82, 2.24) is 0 Å². The van der Waals surface area contributed by atoms with Crippen LogP contribution in [0.2, 0.25) is 15.1 Å². The fourth-order valence-corrected chi connectivity index (χ4v) is 2.49. The van der Waals surface area contributed by atoms with E-state index < -0.39 is 6.10 Å². The molecule has 0 bridgehead atoms. The molecule has 0 saturated heterocycles. The topological polar surface area (TPSA) is 48.4 Å². The highest BCUT2D eigenvalue weighted by molar-refractivity contribution is 6.43. The van der Waals surface area contributed by atoms with Gasteiger partial charge in [-0.15, -0.1) is 0 Å². The normalized spacial score (nSPS) is 14.0. The summed E-state index contributed by atoms with van der Waals surface area (Å²) in [5.74, 6) is 1.88. The van der Waals surface area contributed by atoms with Crippen molar-refractivity contribution in [2.24, 2.45) is 5.73 Å². The number of hydrogen-bond acceptors (Lipinski definition) is 3. The maximum Gasteiger partial charge on any atom is 0.171 e. The first kappa shape index (κ1) is 16.5. The van der Waals surface area contributed by atoms with Gasteiger partial charge in [0.1, 0.15) is 17.3 Å². The number of hydrogen-bond donors (Lipinski definition) is 1. The summed E-state index contributed by atoms with van der Waals surface area (Å²) in [6.45, 7) is 3.84. The Morgan fingerprint density at radius 2 is 1.81 bits per heavy atom. The predicted octanol–water partition coefficient (Wildman–Crippen LogP) is 5.41. The van der Waals surface area contributed by atoms with E-state index in [2.05, 4.69) is 0 Å². The van der Waals surface area contributed by atoms with Gasteiger partial charge in [-0.2, -0.15) is 0 Å². The molecular formula is C15H16Cl3NO2. The molecule has 2 rings (SSSR count). The third kappa shape index (κ3) is 3.86. The van der Waals surface area contributed by atoms with Crippen LogP contribution in [0, 0.1) is 6.92 Å². The summed E-state index contributed by atoms with van der Waals surface area (Å²) in [6, 6.07) is 6.60. The second-order valence-electron chi connectivity index (χ2n) is 4.76. The van der Waals surface area contributed by atoms with Crippen LogP contribution < -0.4 is 10.5 Å². The monoisotopic (exact) mass is 347 g/mol. The summed E-state index contributed by atoms with van der Waals surface area (Å²) in [5.41, 5.74) is 6.14. The Balaban J connectivity index is 2.33. The van der Waals surface area contributed by atoms with Gasteiger partial charge in [0.25, 0.3) is 0 Å². The van der Waals surface area contributed by atoms with E-state index >= 15 is 0 Å². The fraction of sp³-hybridized carbons (Fsp3) is 0.333. The second-order valence-corrected chi connectivity index (χ2v) is 5.98. The molecular weight excluding hydrogens is 333 g/mol. The van der Waals surface area contributed by atoms with Gasteiger partial charge in [-0.25, -0.2) is 0 Å². The summed E-state index contributed by atoms with van der Waals surface area (Å²) >= 11 is 18.1. The van der Waals surface area contributed by atoms with Crippen molar-refractivity contribution in [2.75, 3.05) is 0 Å². The maximum atomic E-state index is 6.15. The molecule has 0 saturated carbocycles. The average molecular weight is 349 g/mol. The lowest BCUT2D eigenvalue weighted by molar-refractivity contribution is 0.143. The molecule has 3 nitrogen and oxygen atoms in total. The Bertz CT molecular complexity index is 627. The Kier molecular flexibility index (Phi) is 5.44. The molecule has 0 aliphatic rings. The number of halogens is 3. The molecule has 21 heavy (non-hydrogen) atoms. The number of furan rings is 1. The molecule has 2 N–H and O–H groups in total. The molecule has 0 aliphatic carbocycles. The van der Waals surface area contributed by atoms with Crippen LogP contribution in [0.15, 0.2) is 28.7 Å². The lowest BCUT2D eigenvalue weighted by Gasteiger charge is -2.23. The lowest BCUT2D eigenvalue weighted by Crippen LogP contribution is -2.31. The first-order valence-electron chi connectivity index (χ1n) is 6.55. The summed E-state index contributed by atoms with van der Waals surface area (Å²) in [4.78, 5) is 0. The van der Waals surface area contributed by atoms with Gasteiger partial charge in [0.2, 0.25) is 0 Å². The van der Waals surface area contributed by atoms with E-state index in [0.29, 0.717) is 26.6 Å². The zero-order valence-electron chi connectivity index (χ0n) is 11.7. The average Bonchev–Trinajstić information content (AvgIpc) is 2.87. The Hall–Kier alpha value is -0.870. The van der Waals surface area contributed by atoms with Crippen molar-refractivity contribution in [3.05, 3.63) is 50.9 Å². The number of benzene rings is 1. The number of rotatable bonds is 5. The van der Waals surface area contributed by atoms with E-state index in [0.717, 1.165) is 12.2 Å². The van der Waals surface area contributed by atoms with E-state index in [1.807, 2.05) is 26.0 Å². The van der Waals surface area contributed by atoms with Gasteiger partial charge in [-0.05, 0) is 31.5 Å². The minimum Gasteiger partial charge on any atom is -0.479 e. The van der Waals surface area contributed by atoms with Crippen LogP contribution in [0.5, 0.6) is 5.75 Å². The zero-order chi connectivity index (χ0) is 15.6. The Morgan fingerprint density at radius 1 is 1.14 bits per heavy atom. The van der Waals surface area contributed by atoms with Gasteiger partial charge in [0.05, 0.1) is 15.1 Å². The van der Waals surface area contributed by atoms with E-state index in [4.69, 9.17) is 49.7 Å². The van der Waals surface area contributed by atoms with Crippen LogP contribution in [-0.2, 0) is 0 Å².